The summed E-state index contributed by atoms with van der Waals surface area (Å²) in [6.07, 6.45) is 3.72. The Hall–Kier alpha value is -1.11. The summed E-state index contributed by atoms with van der Waals surface area (Å²) in [5, 5.41) is 0. The van der Waals surface area contributed by atoms with Crippen LogP contribution in [-0.4, -0.2) is 39.5 Å². The van der Waals surface area contributed by atoms with Crippen LogP contribution in [0.25, 0.3) is 0 Å². The van der Waals surface area contributed by atoms with E-state index in [-0.39, 0.29) is 0 Å². The van der Waals surface area contributed by atoms with Gasteiger partial charge in [0.1, 0.15) is 5.75 Å². The standard InChI is InChI=1S/C14H22N2O3S/c1-19-14-7-5-13(6-8-14)9-10-15-20(17,18)16-11-3-2-4-12-16/h5-8,15H,2-4,9-12H2,1H3. The van der Waals surface area contributed by atoms with Gasteiger partial charge in [0.05, 0.1) is 7.11 Å². The summed E-state index contributed by atoms with van der Waals surface area (Å²) in [6.45, 7) is 1.70. The van der Waals surface area contributed by atoms with E-state index in [1.54, 1.807) is 11.4 Å². The molecule has 0 aliphatic carbocycles. The van der Waals surface area contributed by atoms with Crippen molar-refractivity contribution in [3.8, 4) is 5.75 Å². The molecule has 0 saturated carbocycles. The van der Waals surface area contributed by atoms with Crippen molar-refractivity contribution in [2.24, 2.45) is 0 Å². The number of hydrogen-bond acceptors (Lipinski definition) is 3. The predicted octanol–water partition coefficient (Wildman–Crippen LogP) is 1.56. The summed E-state index contributed by atoms with van der Waals surface area (Å²) in [4.78, 5) is 0. The molecule has 0 spiro atoms. The molecule has 0 aromatic heterocycles. The molecular formula is C14H22N2O3S. The third-order valence-corrected chi connectivity index (χ3v) is 5.13. The third kappa shape index (κ3) is 4.19. The van der Waals surface area contributed by atoms with Crippen LogP contribution in [0.1, 0.15) is 24.8 Å². The fourth-order valence-corrected chi connectivity index (χ4v) is 3.59. The second-order valence-corrected chi connectivity index (χ2v) is 6.71. The molecule has 20 heavy (non-hydrogen) atoms. The maximum atomic E-state index is 12.1. The van der Waals surface area contributed by atoms with Gasteiger partial charge in [-0.25, -0.2) is 4.72 Å². The first-order valence-electron chi connectivity index (χ1n) is 6.99. The number of methoxy groups -OCH3 is 1. The average molecular weight is 298 g/mol. The topological polar surface area (TPSA) is 58.6 Å². The Labute approximate surface area is 121 Å². The van der Waals surface area contributed by atoms with Crippen LogP contribution in [0.5, 0.6) is 5.75 Å². The molecule has 1 heterocycles. The average Bonchev–Trinajstić information content (AvgIpc) is 2.49. The van der Waals surface area contributed by atoms with Crippen LogP contribution in [0.4, 0.5) is 0 Å². The molecule has 1 aromatic rings. The number of piperidine rings is 1. The summed E-state index contributed by atoms with van der Waals surface area (Å²) >= 11 is 0. The van der Waals surface area contributed by atoms with E-state index in [2.05, 4.69) is 4.72 Å². The van der Waals surface area contributed by atoms with E-state index in [0.717, 1.165) is 30.6 Å². The van der Waals surface area contributed by atoms with Gasteiger partial charge in [-0.05, 0) is 37.0 Å². The van der Waals surface area contributed by atoms with E-state index < -0.39 is 10.2 Å². The minimum atomic E-state index is -3.31. The van der Waals surface area contributed by atoms with Crippen molar-refractivity contribution in [1.82, 2.24) is 9.03 Å². The van der Waals surface area contributed by atoms with Crippen molar-refractivity contribution in [3.05, 3.63) is 29.8 Å². The van der Waals surface area contributed by atoms with Crippen molar-refractivity contribution < 1.29 is 13.2 Å². The summed E-state index contributed by atoms with van der Waals surface area (Å²) in [6, 6.07) is 7.67. The molecule has 1 aliphatic rings. The molecule has 0 bridgehead atoms. The normalized spacial score (nSPS) is 17.1. The zero-order chi connectivity index (χ0) is 14.4. The fourth-order valence-electron chi connectivity index (χ4n) is 2.31. The lowest BCUT2D eigenvalue weighted by molar-refractivity contribution is 0.342. The Morgan fingerprint density at radius 1 is 1.15 bits per heavy atom. The quantitative estimate of drug-likeness (QED) is 0.867. The smallest absolute Gasteiger partial charge is 0.279 e. The lowest BCUT2D eigenvalue weighted by atomic mass is 10.1. The first kappa shape index (κ1) is 15.3. The van der Waals surface area contributed by atoms with Crippen LogP contribution in [0.2, 0.25) is 0 Å². The first-order valence-corrected chi connectivity index (χ1v) is 8.43. The zero-order valence-corrected chi connectivity index (χ0v) is 12.7. The van der Waals surface area contributed by atoms with Crippen LogP contribution < -0.4 is 9.46 Å². The Bertz CT molecular complexity index is 508. The molecule has 0 unspecified atom stereocenters. The Balaban J connectivity index is 1.81. The first-order chi connectivity index (χ1) is 9.62. The van der Waals surface area contributed by atoms with E-state index in [4.69, 9.17) is 4.74 Å². The summed E-state index contributed by atoms with van der Waals surface area (Å²) in [5.41, 5.74) is 1.09. The van der Waals surface area contributed by atoms with Gasteiger partial charge in [0.2, 0.25) is 0 Å². The Kier molecular flexibility index (Phi) is 5.39. The molecule has 1 fully saturated rings. The molecule has 0 radical (unpaired) electrons. The molecule has 1 saturated heterocycles. The third-order valence-electron chi connectivity index (χ3n) is 3.51. The van der Waals surface area contributed by atoms with Gasteiger partial charge in [-0.2, -0.15) is 12.7 Å². The molecule has 2 rings (SSSR count). The van der Waals surface area contributed by atoms with E-state index in [1.165, 1.54) is 0 Å². The minimum absolute atomic E-state index is 0.422. The monoisotopic (exact) mass is 298 g/mol. The van der Waals surface area contributed by atoms with Gasteiger partial charge in [-0.3, -0.25) is 0 Å². The highest BCUT2D eigenvalue weighted by Crippen LogP contribution is 2.13. The molecule has 1 aromatic carbocycles. The molecule has 5 nitrogen and oxygen atoms in total. The van der Waals surface area contributed by atoms with Crippen molar-refractivity contribution in [1.29, 1.82) is 0 Å². The number of rotatable bonds is 6. The fraction of sp³-hybridized carbons (Fsp3) is 0.571. The summed E-state index contributed by atoms with van der Waals surface area (Å²) in [7, 11) is -1.68. The van der Waals surface area contributed by atoms with E-state index >= 15 is 0 Å². The highest BCUT2D eigenvalue weighted by atomic mass is 32.2. The SMILES string of the molecule is COc1ccc(CCNS(=O)(=O)N2CCCCC2)cc1. The largest absolute Gasteiger partial charge is 0.497 e. The minimum Gasteiger partial charge on any atom is -0.497 e. The molecular weight excluding hydrogens is 276 g/mol. The van der Waals surface area contributed by atoms with Crippen LogP contribution in [-0.2, 0) is 16.6 Å². The van der Waals surface area contributed by atoms with Crippen LogP contribution >= 0.6 is 0 Å². The van der Waals surface area contributed by atoms with Crippen molar-refractivity contribution in [2.45, 2.75) is 25.7 Å². The maximum Gasteiger partial charge on any atom is 0.279 e. The van der Waals surface area contributed by atoms with E-state index in [9.17, 15) is 8.42 Å². The Morgan fingerprint density at radius 2 is 1.80 bits per heavy atom. The predicted molar refractivity (Wildman–Crippen MR) is 79.0 cm³/mol. The molecule has 0 atom stereocenters. The second kappa shape index (κ2) is 7.06. The van der Waals surface area contributed by atoms with Gasteiger partial charge < -0.3 is 4.74 Å². The van der Waals surface area contributed by atoms with Gasteiger partial charge in [0, 0.05) is 19.6 Å². The molecule has 0 amide bonds. The van der Waals surface area contributed by atoms with Gasteiger partial charge >= 0.3 is 0 Å². The van der Waals surface area contributed by atoms with Gasteiger partial charge in [0.15, 0.2) is 0 Å². The molecule has 6 heteroatoms. The lowest BCUT2D eigenvalue weighted by Gasteiger charge is -2.25. The van der Waals surface area contributed by atoms with Gasteiger partial charge in [-0.15, -0.1) is 0 Å². The highest BCUT2D eigenvalue weighted by Gasteiger charge is 2.22. The Morgan fingerprint density at radius 3 is 2.40 bits per heavy atom. The lowest BCUT2D eigenvalue weighted by Crippen LogP contribution is -2.43. The highest BCUT2D eigenvalue weighted by molar-refractivity contribution is 7.87. The van der Waals surface area contributed by atoms with Crippen molar-refractivity contribution in [2.75, 3.05) is 26.7 Å². The maximum absolute atomic E-state index is 12.1. The second-order valence-electron chi connectivity index (χ2n) is 4.96. The molecule has 1 aliphatic heterocycles. The zero-order valence-electron chi connectivity index (χ0n) is 11.8. The molecule has 1 N–H and O–H groups in total. The van der Waals surface area contributed by atoms with Gasteiger partial charge in [-0.1, -0.05) is 18.6 Å². The van der Waals surface area contributed by atoms with E-state index in [0.29, 0.717) is 26.1 Å². The summed E-state index contributed by atoms with van der Waals surface area (Å²) in [5.74, 6) is 0.808. The van der Waals surface area contributed by atoms with Crippen LogP contribution in [0.3, 0.4) is 0 Å². The van der Waals surface area contributed by atoms with Crippen LogP contribution in [0.15, 0.2) is 24.3 Å². The van der Waals surface area contributed by atoms with Crippen LogP contribution in [0, 0.1) is 0 Å². The van der Waals surface area contributed by atoms with Crippen molar-refractivity contribution >= 4 is 10.2 Å². The number of hydrogen-bond donors (Lipinski definition) is 1. The van der Waals surface area contributed by atoms with E-state index in [1.807, 2.05) is 24.3 Å². The number of benzene rings is 1. The molecule has 112 valence electrons. The number of nitrogens with zero attached hydrogens (tertiary/aromatic N) is 1. The van der Waals surface area contributed by atoms with Crippen molar-refractivity contribution in [3.63, 3.8) is 0 Å². The number of ether oxygens (including phenoxy) is 1. The number of nitrogens with one attached hydrogen (secondary N) is 1. The van der Waals surface area contributed by atoms with Gasteiger partial charge in [0.25, 0.3) is 10.2 Å². The summed E-state index contributed by atoms with van der Waals surface area (Å²) < 4.78 is 33.5.